The van der Waals surface area contributed by atoms with Crippen molar-refractivity contribution in [1.82, 2.24) is 0 Å². The van der Waals surface area contributed by atoms with Gasteiger partial charge in [-0.05, 0) is 12.5 Å². The smallest absolute Gasteiger partial charge is 0.303 e. The highest BCUT2D eigenvalue weighted by atomic mass is 19.2. The average molecular weight is 245 g/mol. The first kappa shape index (κ1) is 13.4. The summed E-state index contributed by atoms with van der Waals surface area (Å²) in [5, 5.41) is 8.51. The summed E-state index contributed by atoms with van der Waals surface area (Å²) in [7, 11) is 1.20. The summed E-state index contributed by atoms with van der Waals surface area (Å²) < 4.78 is 31.0. The van der Waals surface area contributed by atoms with Gasteiger partial charge in [0.1, 0.15) is 0 Å². The van der Waals surface area contributed by atoms with Crippen molar-refractivity contribution in [3.63, 3.8) is 0 Å². The second-order valence-corrected chi connectivity index (χ2v) is 3.52. The highest BCUT2D eigenvalue weighted by molar-refractivity contribution is 5.66. The first-order valence-corrected chi connectivity index (χ1v) is 4.96. The Morgan fingerprint density at radius 1 is 1.53 bits per heavy atom. The zero-order valence-corrected chi connectivity index (χ0v) is 9.24. The Labute approximate surface area is 97.0 Å². The van der Waals surface area contributed by atoms with Crippen LogP contribution in [0.25, 0.3) is 0 Å². The molecule has 0 heterocycles. The molecule has 0 bridgehead atoms. The normalized spacial score (nSPS) is 12.2. The van der Waals surface area contributed by atoms with Crippen LogP contribution in [-0.2, 0) is 4.79 Å². The van der Waals surface area contributed by atoms with Crippen LogP contribution in [0.4, 0.5) is 8.78 Å². The zero-order chi connectivity index (χ0) is 13.0. The van der Waals surface area contributed by atoms with Crippen LogP contribution in [0.1, 0.15) is 24.4 Å². The highest BCUT2D eigenvalue weighted by Gasteiger charge is 2.19. The number of carbonyl (C=O) groups is 1. The lowest BCUT2D eigenvalue weighted by molar-refractivity contribution is -0.137. The monoisotopic (exact) mass is 245 g/mol. The largest absolute Gasteiger partial charge is 0.493 e. The Hall–Kier alpha value is -1.69. The highest BCUT2D eigenvalue weighted by Crippen LogP contribution is 2.30. The van der Waals surface area contributed by atoms with Gasteiger partial charge >= 0.3 is 5.97 Å². The van der Waals surface area contributed by atoms with Gasteiger partial charge in [0.05, 0.1) is 7.11 Å². The summed E-state index contributed by atoms with van der Waals surface area (Å²) in [5.41, 5.74) is 5.96. The van der Waals surface area contributed by atoms with Gasteiger partial charge in [-0.1, -0.05) is 6.07 Å². The summed E-state index contributed by atoms with van der Waals surface area (Å²) in [6, 6.07) is 1.52. The first-order chi connectivity index (χ1) is 7.97. The third kappa shape index (κ3) is 3.13. The maximum absolute atomic E-state index is 13.3. The van der Waals surface area contributed by atoms with Gasteiger partial charge in [0.25, 0.3) is 0 Å². The van der Waals surface area contributed by atoms with Gasteiger partial charge in [-0.25, -0.2) is 4.39 Å². The van der Waals surface area contributed by atoms with Gasteiger partial charge < -0.3 is 15.6 Å². The number of benzene rings is 1. The van der Waals surface area contributed by atoms with Gasteiger partial charge in [-0.15, -0.1) is 0 Å². The Balaban J connectivity index is 2.97. The van der Waals surface area contributed by atoms with E-state index in [1.54, 1.807) is 0 Å². The van der Waals surface area contributed by atoms with E-state index in [0.717, 1.165) is 6.07 Å². The number of hydrogen-bond donors (Lipinski definition) is 2. The molecule has 0 fully saturated rings. The van der Waals surface area contributed by atoms with Crippen molar-refractivity contribution in [1.29, 1.82) is 0 Å². The minimum atomic E-state index is -1.12. The van der Waals surface area contributed by atoms with E-state index in [9.17, 15) is 13.6 Å². The second kappa shape index (κ2) is 5.58. The number of carboxylic acid groups (broad SMARTS) is 1. The standard InChI is InChI=1S/C11H13F2NO3/c1-17-11-6(2-3-7(12)10(11)13)8(14)4-5-9(15)16/h2-3,8H,4-5,14H2,1H3,(H,15,16). The number of ether oxygens (including phenoxy) is 1. The molecule has 1 aromatic carbocycles. The molecular weight excluding hydrogens is 232 g/mol. The van der Waals surface area contributed by atoms with E-state index in [4.69, 9.17) is 15.6 Å². The van der Waals surface area contributed by atoms with E-state index in [0.29, 0.717) is 0 Å². The van der Waals surface area contributed by atoms with Gasteiger partial charge in [0.2, 0.25) is 5.82 Å². The van der Waals surface area contributed by atoms with Crippen molar-refractivity contribution in [3.8, 4) is 5.75 Å². The molecule has 1 unspecified atom stereocenters. The molecule has 0 aromatic heterocycles. The first-order valence-electron chi connectivity index (χ1n) is 4.96. The van der Waals surface area contributed by atoms with Crippen LogP contribution in [0, 0.1) is 11.6 Å². The molecule has 0 aliphatic rings. The molecule has 1 atom stereocenters. The van der Waals surface area contributed by atoms with Crippen molar-refractivity contribution >= 4 is 5.97 Å². The molecule has 0 radical (unpaired) electrons. The number of halogens is 2. The molecule has 0 saturated heterocycles. The molecule has 4 nitrogen and oxygen atoms in total. The lowest BCUT2D eigenvalue weighted by Gasteiger charge is -2.15. The van der Waals surface area contributed by atoms with Gasteiger partial charge in [0, 0.05) is 18.0 Å². The van der Waals surface area contributed by atoms with E-state index < -0.39 is 23.6 Å². The number of nitrogens with two attached hydrogens (primary N) is 1. The molecular formula is C11H13F2NO3. The third-order valence-corrected chi connectivity index (χ3v) is 2.35. The topological polar surface area (TPSA) is 72.5 Å². The van der Waals surface area contributed by atoms with Crippen LogP contribution in [0.5, 0.6) is 5.75 Å². The SMILES string of the molecule is COc1c(C(N)CCC(=O)O)ccc(F)c1F. The predicted octanol–water partition coefficient (Wildman–Crippen LogP) is 1.84. The number of methoxy groups -OCH3 is 1. The van der Waals surface area contributed by atoms with Gasteiger partial charge in [-0.3, -0.25) is 4.79 Å². The van der Waals surface area contributed by atoms with E-state index in [1.807, 2.05) is 0 Å². The Kier molecular flexibility index (Phi) is 4.39. The number of hydrogen-bond acceptors (Lipinski definition) is 3. The molecule has 0 aliphatic carbocycles. The molecule has 0 amide bonds. The molecule has 1 aromatic rings. The number of aliphatic carboxylic acids is 1. The van der Waals surface area contributed by atoms with Crippen molar-refractivity contribution in [3.05, 3.63) is 29.3 Å². The zero-order valence-electron chi connectivity index (χ0n) is 9.24. The average Bonchev–Trinajstić information content (AvgIpc) is 2.29. The van der Waals surface area contributed by atoms with Crippen LogP contribution in [0.2, 0.25) is 0 Å². The number of carboxylic acids is 1. The molecule has 0 spiro atoms. The van der Waals surface area contributed by atoms with Crippen molar-refractivity contribution in [2.24, 2.45) is 5.73 Å². The molecule has 1 rings (SSSR count). The van der Waals surface area contributed by atoms with Crippen LogP contribution in [0.15, 0.2) is 12.1 Å². The van der Waals surface area contributed by atoms with E-state index >= 15 is 0 Å². The second-order valence-electron chi connectivity index (χ2n) is 3.52. The summed E-state index contributed by atoms with van der Waals surface area (Å²) in [6.07, 6.45) is -0.0277. The van der Waals surface area contributed by atoms with E-state index in [2.05, 4.69) is 0 Å². The molecule has 3 N–H and O–H groups in total. The fourth-order valence-electron chi connectivity index (χ4n) is 1.48. The molecule has 0 saturated carbocycles. The minimum absolute atomic E-state index is 0.122. The van der Waals surface area contributed by atoms with E-state index in [-0.39, 0.29) is 24.2 Å². The summed E-state index contributed by atoms with van der Waals surface area (Å²) in [4.78, 5) is 10.4. The number of rotatable bonds is 5. The lowest BCUT2D eigenvalue weighted by atomic mass is 10.0. The van der Waals surface area contributed by atoms with Gasteiger partial charge in [-0.2, -0.15) is 4.39 Å². The van der Waals surface area contributed by atoms with Crippen LogP contribution in [0.3, 0.4) is 0 Å². The molecule has 94 valence electrons. The fourth-order valence-corrected chi connectivity index (χ4v) is 1.48. The summed E-state index contributed by atoms with van der Waals surface area (Å²) >= 11 is 0. The lowest BCUT2D eigenvalue weighted by Crippen LogP contribution is -2.14. The predicted molar refractivity (Wildman–Crippen MR) is 56.7 cm³/mol. The van der Waals surface area contributed by atoms with Crippen molar-refractivity contribution in [2.75, 3.05) is 7.11 Å². The molecule has 0 aliphatic heterocycles. The molecule has 6 heteroatoms. The van der Waals surface area contributed by atoms with Gasteiger partial charge in [0.15, 0.2) is 11.6 Å². The maximum atomic E-state index is 13.3. The molecule has 17 heavy (non-hydrogen) atoms. The Bertz CT molecular complexity index is 423. The Morgan fingerprint density at radius 2 is 2.18 bits per heavy atom. The minimum Gasteiger partial charge on any atom is -0.493 e. The maximum Gasteiger partial charge on any atom is 0.303 e. The van der Waals surface area contributed by atoms with Crippen molar-refractivity contribution < 1.29 is 23.4 Å². The quantitative estimate of drug-likeness (QED) is 0.830. The van der Waals surface area contributed by atoms with Crippen LogP contribution < -0.4 is 10.5 Å². The fraction of sp³-hybridized carbons (Fsp3) is 0.364. The van der Waals surface area contributed by atoms with Crippen LogP contribution >= 0.6 is 0 Å². The van der Waals surface area contributed by atoms with Crippen LogP contribution in [-0.4, -0.2) is 18.2 Å². The van der Waals surface area contributed by atoms with E-state index in [1.165, 1.54) is 13.2 Å². The summed E-state index contributed by atoms with van der Waals surface area (Å²) in [6.45, 7) is 0. The summed E-state index contributed by atoms with van der Waals surface area (Å²) in [5.74, 6) is -3.42. The Morgan fingerprint density at radius 3 is 2.71 bits per heavy atom. The van der Waals surface area contributed by atoms with Crippen molar-refractivity contribution in [2.45, 2.75) is 18.9 Å². The third-order valence-electron chi connectivity index (χ3n) is 2.35.